The third kappa shape index (κ3) is 1.75. The molecule has 1 saturated heterocycles. The largest absolute Gasteiger partial charge is 0.367 e. The molecule has 3 aliphatic rings. The van der Waals surface area contributed by atoms with Gasteiger partial charge in [0, 0.05) is 5.69 Å². The molecule has 4 atom stereocenters. The predicted molar refractivity (Wildman–Crippen MR) is 79.2 cm³/mol. The van der Waals surface area contributed by atoms with Gasteiger partial charge in [0.2, 0.25) is 11.8 Å². The van der Waals surface area contributed by atoms with Crippen molar-refractivity contribution < 1.29 is 9.59 Å². The summed E-state index contributed by atoms with van der Waals surface area (Å²) in [6.07, 6.45) is 5.22. The second kappa shape index (κ2) is 4.45. The van der Waals surface area contributed by atoms with Gasteiger partial charge in [0.15, 0.2) is 0 Å². The highest BCUT2D eigenvalue weighted by molar-refractivity contribution is 6.06. The molecule has 0 unspecified atom stereocenters. The molecular formula is C17H18N2O2. The molecule has 0 radical (unpaired) electrons. The van der Waals surface area contributed by atoms with Gasteiger partial charge in [-0.25, -0.2) is 0 Å². The van der Waals surface area contributed by atoms with E-state index >= 15 is 0 Å². The summed E-state index contributed by atoms with van der Waals surface area (Å²) in [5.41, 5.74) is 2.08. The number of carbonyl (C=O) groups excluding carboxylic acids is 2. The number of nitrogens with zero attached hydrogens (tertiary/aromatic N) is 1. The van der Waals surface area contributed by atoms with E-state index in [4.69, 9.17) is 0 Å². The van der Waals surface area contributed by atoms with Crippen LogP contribution in [-0.2, 0) is 9.59 Å². The summed E-state index contributed by atoms with van der Waals surface area (Å²) in [7, 11) is 0. The van der Waals surface area contributed by atoms with Crippen molar-refractivity contribution in [1.82, 2.24) is 4.90 Å². The van der Waals surface area contributed by atoms with E-state index in [2.05, 4.69) is 17.5 Å². The van der Waals surface area contributed by atoms with Crippen LogP contribution in [0, 0.1) is 30.6 Å². The fraction of sp³-hybridized carbons (Fsp3) is 0.412. The average molecular weight is 282 g/mol. The molecule has 4 rings (SSSR count). The van der Waals surface area contributed by atoms with Crippen LogP contribution in [0.5, 0.6) is 0 Å². The normalized spacial score (nSPS) is 32.9. The number of allylic oxidation sites excluding steroid dienone is 2. The SMILES string of the molecule is Cc1ccccc1NCN1C(=O)[C@@H]2[C@H](C1=O)[C@@H]1C=C[C@H]2C1. The molecule has 2 fully saturated rings. The van der Waals surface area contributed by atoms with E-state index in [1.54, 1.807) is 0 Å². The molecule has 0 aromatic heterocycles. The van der Waals surface area contributed by atoms with Gasteiger partial charge in [0.1, 0.15) is 0 Å². The van der Waals surface area contributed by atoms with Gasteiger partial charge in [0.25, 0.3) is 0 Å². The molecule has 0 spiro atoms. The van der Waals surface area contributed by atoms with Crippen molar-refractivity contribution >= 4 is 17.5 Å². The first-order chi connectivity index (χ1) is 10.2. The number of fused-ring (bicyclic) bond motifs is 5. The number of likely N-dealkylation sites (tertiary alicyclic amines) is 1. The van der Waals surface area contributed by atoms with Crippen LogP contribution in [0.25, 0.3) is 0 Å². The lowest BCUT2D eigenvalue weighted by atomic mass is 9.85. The summed E-state index contributed by atoms with van der Waals surface area (Å²) in [5, 5.41) is 3.22. The highest BCUT2D eigenvalue weighted by atomic mass is 16.2. The van der Waals surface area contributed by atoms with Gasteiger partial charge in [-0.05, 0) is 36.8 Å². The van der Waals surface area contributed by atoms with Crippen LogP contribution in [0.3, 0.4) is 0 Å². The van der Waals surface area contributed by atoms with Crippen LogP contribution < -0.4 is 5.32 Å². The summed E-state index contributed by atoms with van der Waals surface area (Å²) in [6, 6.07) is 7.89. The van der Waals surface area contributed by atoms with E-state index < -0.39 is 0 Å². The zero-order valence-electron chi connectivity index (χ0n) is 12.0. The minimum atomic E-state index is -0.105. The van der Waals surface area contributed by atoms with Crippen LogP contribution >= 0.6 is 0 Å². The molecular weight excluding hydrogens is 264 g/mol. The lowest BCUT2D eigenvalue weighted by molar-refractivity contribution is -0.140. The number of aryl methyl sites for hydroxylation is 1. The number of benzene rings is 1. The van der Waals surface area contributed by atoms with Gasteiger partial charge in [-0.1, -0.05) is 30.4 Å². The smallest absolute Gasteiger partial charge is 0.235 e. The minimum absolute atomic E-state index is 0.00272. The summed E-state index contributed by atoms with van der Waals surface area (Å²) in [5.74, 6) is 0.350. The first-order valence-electron chi connectivity index (χ1n) is 7.50. The Kier molecular flexibility index (Phi) is 2.67. The Bertz CT molecular complexity index is 622. The molecule has 2 amide bonds. The molecule has 4 heteroatoms. The molecule has 108 valence electrons. The van der Waals surface area contributed by atoms with E-state index in [9.17, 15) is 9.59 Å². The van der Waals surface area contributed by atoms with Crippen molar-refractivity contribution in [3.8, 4) is 0 Å². The number of para-hydroxylation sites is 1. The quantitative estimate of drug-likeness (QED) is 0.683. The molecule has 4 nitrogen and oxygen atoms in total. The number of anilines is 1. The van der Waals surface area contributed by atoms with Gasteiger partial charge >= 0.3 is 0 Å². The van der Waals surface area contributed by atoms with Crippen molar-refractivity contribution in [2.75, 3.05) is 12.0 Å². The third-order valence-corrected chi connectivity index (χ3v) is 5.13. The van der Waals surface area contributed by atoms with Gasteiger partial charge in [-0.3, -0.25) is 14.5 Å². The highest BCUT2D eigenvalue weighted by Gasteiger charge is 2.59. The van der Waals surface area contributed by atoms with Gasteiger partial charge in [-0.2, -0.15) is 0 Å². The molecule has 1 aromatic carbocycles. The number of rotatable bonds is 3. The van der Waals surface area contributed by atoms with Crippen molar-refractivity contribution in [2.24, 2.45) is 23.7 Å². The first kappa shape index (κ1) is 12.6. The topological polar surface area (TPSA) is 49.4 Å². The number of hydrogen-bond donors (Lipinski definition) is 1. The fourth-order valence-corrected chi connectivity index (χ4v) is 4.06. The Balaban J connectivity index is 1.51. The molecule has 1 aromatic rings. The highest BCUT2D eigenvalue weighted by Crippen LogP contribution is 2.52. The van der Waals surface area contributed by atoms with Crippen molar-refractivity contribution in [3.63, 3.8) is 0 Å². The molecule has 1 saturated carbocycles. The van der Waals surface area contributed by atoms with Crippen LogP contribution in [0.1, 0.15) is 12.0 Å². The van der Waals surface area contributed by atoms with E-state index in [1.807, 2.05) is 31.2 Å². The van der Waals surface area contributed by atoms with Crippen molar-refractivity contribution in [3.05, 3.63) is 42.0 Å². The van der Waals surface area contributed by atoms with Crippen molar-refractivity contribution in [2.45, 2.75) is 13.3 Å². The molecule has 1 aliphatic heterocycles. The van der Waals surface area contributed by atoms with Gasteiger partial charge in [0.05, 0.1) is 18.5 Å². The fourth-order valence-electron chi connectivity index (χ4n) is 4.06. The summed E-state index contributed by atoms with van der Waals surface area (Å²) >= 11 is 0. The molecule has 1 N–H and O–H groups in total. The van der Waals surface area contributed by atoms with E-state index in [0.717, 1.165) is 17.7 Å². The Morgan fingerprint density at radius 3 is 2.33 bits per heavy atom. The van der Waals surface area contributed by atoms with E-state index in [-0.39, 0.29) is 42.2 Å². The maximum atomic E-state index is 12.5. The monoisotopic (exact) mass is 282 g/mol. The van der Waals surface area contributed by atoms with Crippen LogP contribution in [0.15, 0.2) is 36.4 Å². The lowest BCUT2D eigenvalue weighted by Gasteiger charge is -2.19. The second-order valence-corrected chi connectivity index (χ2v) is 6.25. The first-order valence-corrected chi connectivity index (χ1v) is 7.50. The standard InChI is InChI=1S/C17H18N2O2/c1-10-4-2-3-5-13(10)18-9-19-16(20)14-11-6-7-12(8-11)15(14)17(19)21/h2-7,11-12,14-15,18H,8-9H2,1H3/t11-,12+,14-,15+. The summed E-state index contributed by atoms with van der Waals surface area (Å²) in [6.45, 7) is 2.28. The zero-order valence-corrected chi connectivity index (χ0v) is 12.0. The van der Waals surface area contributed by atoms with Crippen LogP contribution in [0.4, 0.5) is 5.69 Å². The number of imide groups is 1. The Morgan fingerprint density at radius 2 is 1.71 bits per heavy atom. The summed E-state index contributed by atoms with van der Waals surface area (Å²) < 4.78 is 0. The second-order valence-electron chi connectivity index (χ2n) is 6.25. The minimum Gasteiger partial charge on any atom is -0.367 e. The van der Waals surface area contributed by atoms with E-state index in [0.29, 0.717) is 0 Å². The Hall–Kier alpha value is -2.10. The van der Waals surface area contributed by atoms with Gasteiger partial charge in [-0.15, -0.1) is 0 Å². The Morgan fingerprint density at radius 1 is 1.10 bits per heavy atom. The van der Waals surface area contributed by atoms with Crippen molar-refractivity contribution in [1.29, 1.82) is 0 Å². The molecule has 2 bridgehead atoms. The zero-order chi connectivity index (χ0) is 14.6. The third-order valence-electron chi connectivity index (χ3n) is 5.13. The maximum Gasteiger partial charge on any atom is 0.235 e. The van der Waals surface area contributed by atoms with Crippen LogP contribution in [0.2, 0.25) is 0 Å². The number of carbonyl (C=O) groups is 2. The summed E-state index contributed by atoms with van der Waals surface area (Å²) in [4.78, 5) is 26.5. The molecule has 21 heavy (non-hydrogen) atoms. The predicted octanol–water partition coefficient (Wildman–Crippen LogP) is 2.17. The van der Waals surface area contributed by atoms with Gasteiger partial charge < -0.3 is 5.32 Å². The number of amides is 2. The molecule has 2 aliphatic carbocycles. The molecule has 1 heterocycles. The average Bonchev–Trinajstić information content (AvgIpc) is 3.14. The lowest BCUT2D eigenvalue weighted by Crippen LogP contribution is -2.37. The van der Waals surface area contributed by atoms with Crippen LogP contribution in [-0.4, -0.2) is 23.4 Å². The number of nitrogens with one attached hydrogen (secondary N) is 1. The maximum absolute atomic E-state index is 12.5. The van der Waals surface area contributed by atoms with E-state index in [1.165, 1.54) is 4.90 Å². The Labute approximate surface area is 123 Å². The number of hydrogen-bond acceptors (Lipinski definition) is 3.